The zero-order valence-electron chi connectivity index (χ0n) is 13.8. The van der Waals surface area contributed by atoms with Gasteiger partial charge in [-0.1, -0.05) is 6.92 Å². The third-order valence-electron chi connectivity index (χ3n) is 3.02. The molecule has 5 heteroatoms. The summed E-state index contributed by atoms with van der Waals surface area (Å²) in [6.07, 6.45) is 2.21. The van der Waals surface area contributed by atoms with Gasteiger partial charge in [-0.15, -0.1) is 0 Å². The lowest BCUT2D eigenvalue weighted by Crippen LogP contribution is -2.29. The van der Waals surface area contributed by atoms with Crippen LogP contribution in [0.2, 0.25) is 0 Å². The molecule has 0 amide bonds. The van der Waals surface area contributed by atoms with E-state index in [9.17, 15) is 9.59 Å². The summed E-state index contributed by atoms with van der Waals surface area (Å²) in [5.41, 5.74) is -0.537. The van der Waals surface area contributed by atoms with Crippen LogP contribution in [0.3, 0.4) is 0 Å². The Morgan fingerprint density at radius 1 is 1.19 bits per heavy atom. The molecule has 0 spiro atoms. The quantitative estimate of drug-likeness (QED) is 0.645. The van der Waals surface area contributed by atoms with E-state index in [4.69, 9.17) is 14.2 Å². The molecule has 0 heterocycles. The normalized spacial score (nSPS) is 18.0. The summed E-state index contributed by atoms with van der Waals surface area (Å²) in [6.45, 7) is 10.0. The highest BCUT2D eigenvalue weighted by atomic mass is 16.6. The van der Waals surface area contributed by atoms with E-state index in [2.05, 4.69) is 0 Å². The highest BCUT2D eigenvalue weighted by Crippen LogP contribution is 2.28. The predicted molar refractivity (Wildman–Crippen MR) is 78.7 cm³/mol. The molecule has 0 radical (unpaired) electrons. The Bertz CT molecular complexity index is 354. The largest absolute Gasteiger partial charge is 0.460 e. The molecule has 0 N–H and O–H groups in total. The van der Waals surface area contributed by atoms with Crippen molar-refractivity contribution in [3.05, 3.63) is 0 Å². The highest BCUT2D eigenvalue weighted by Gasteiger charge is 2.25. The molecule has 0 unspecified atom stereocenters. The molecule has 1 aliphatic rings. The molecule has 1 saturated carbocycles. The number of hydrogen-bond acceptors (Lipinski definition) is 5. The first-order valence-electron chi connectivity index (χ1n) is 7.67. The smallest absolute Gasteiger partial charge is 0.309 e. The average Bonchev–Trinajstić information content (AvgIpc) is 3.09. The van der Waals surface area contributed by atoms with Crippen molar-refractivity contribution in [3.63, 3.8) is 0 Å². The molecule has 2 atom stereocenters. The molecule has 1 aliphatic carbocycles. The van der Waals surface area contributed by atoms with Gasteiger partial charge in [-0.3, -0.25) is 9.59 Å². The number of hydrogen-bond donors (Lipinski definition) is 0. The lowest BCUT2D eigenvalue weighted by molar-refractivity contribution is -0.164. The zero-order chi connectivity index (χ0) is 16.0. The average molecular weight is 300 g/mol. The molecule has 1 rings (SSSR count). The van der Waals surface area contributed by atoms with E-state index in [1.54, 1.807) is 34.6 Å². The Morgan fingerprint density at radius 2 is 1.81 bits per heavy atom. The second-order valence-electron chi connectivity index (χ2n) is 6.92. The minimum absolute atomic E-state index is 0.0335. The molecule has 5 nitrogen and oxygen atoms in total. The van der Waals surface area contributed by atoms with Crippen LogP contribution >= 0.6 is 0 Å². The second kappa shape index (κ2) is 7.78. The summed E-state index contributed by atoms with van der Waals surface area (Å²) < 4.78 is 15.9. The van der Waals surface area contributed by atoms with Crippen LogP contribution in [0.15, 0.2) is 0 Å². The van der Waals surface area contributed by atoms with E-state index >= 15 is 0 Å². The minimum atomic E-state index is -0.537. The standard InChI is InChI=1S/C16H28O5/c1-11(8-14(17)21-16(3,4)5)15(18)20-12(2)9-19-10-13-6-7-13/h11-13H,6-10H2,1-5H3/t11-,12+/m1/s1. The Balaban J connectivity index is 2.20. The van der Waals surface area contributed by atoms with E-state index < -0.39 is 11.5 Å². The molecule has 122 valence electrons. The Labute approximate surface area is 127 Å². The van der Waals surface area contributed by atoms with E-state index in [0.717, 1.165) is 6.61 Å². The van der Waals surface area contributed by atoms with E-state index in [1.807, 2.05) is 0 Å². The van der Waals surface area contributed by atoms with Crippen molar-refractivity contribution >= 4 is 11.9 Å². The van der Waals surface area contributed by atoms with E-state index in [1.165, 1.54) is 12.8 Å². The van der Waals surface area contributed by atoms with Crippen LogP contribution < -0.4 is 0 Å². The first-order valence-corrected chi connectivity index (χ1v) is 7.67. The second-order valence-corrected chi connectivity index (χ2v) is 6.92. The fraction of sp³-hybridized carbons (Fsp3) is 0.875. The summed E-state index contributed by atoms with van der Waals surface area (Å²) in [5.74, 6) is -0.585. The lowest BCUT2D eigenvalue weighted by Gasteiger charge is -2.21. The van der Waals surface area contributed by atoms with Gasteiger partial charge in [0.1, 0.15) is 11.7 Å². The molecule has 0 aromatic heterocycles. The maximum atomic E-state index is 11.9. The van der Waals surface area contributed by atoms with Gasteiger partial charge in [0.25, 0.3) is 0 Å². The first-order chi connectivity index (χ1) is 9.67. The van der Waals surface area contributed by atoms with E-state index in [-0.39, 0.29) is 24.5 Å². The third-order valence-corrected chi connectivity index (χ3v) is 3.02. The molecule has 0 aromatic carbocycles. The summed E-state index contributed by atoms with van der Waals surface area (Å²) >= 11 is 0. The Kier molecular flexibility index (Phi) is 6.65. The highest BCUT2D eigenvalue weighted by molar-refractivity contribution is 5.79. The van der Waals surface area contributed by atoms with Crippen molar-refractivity contribution in [3.8, 4) is 0 Å². The van der Waals surface area contributed by atoms with Crippen LogP contribution in [0.1, 0.15) is 53.9 Å². The molecule has 0 aliphatic heterocycles. The van der Waals surface area contributed by atoms with Gasteiger partial charge in [0.2, 0.25) is 0 Å². The lowest BCUT2D eigenvalue weighted by atomic mass is 10.1. The molecular weight excluding hydrogens is 272 g/mol. The fourth-order valence-corrected chi connectivity index (χ4v) is 1.75. The molecule has 0 bridgehead atoms. The molecule has 21 heavy (non-hydrogen) atoms. The van der Waals surface area contributed by atoms with Gasteiger partial charge < -0.3 is 14.2 Å². The number of carbonyl (C=O) groups is 2. The van der Waals surface area contributed by atoms with Crippen LogP contribution in [0.25, 0.3) is 0 Å². The number of ether oxygens (including phenoxy) is 3. The van der Waals surface area contributed by atoms with Crippen molar-refractivity contribution in [2.75, 3.05) is 13.2 Å². The summed E-state index contributed by atoms with van der Waals surface area (Å²) in [6, 6.07) is 0. The SMILES string of the molecule is C[C@H](CC(=O)OC(C)(C)C)C(=O)O[C@@H](C)COCC1CC1. The summed E-state index contributed by atoms with van der Waals surface area (Å²) in [7, 11) is 0. The number of carbonyl (C=O) groups excluding carboxylic acids is 2. The van der Waals surface area contributed by atoms with Gasteiger partial charge in [-0.05, 0) is 46.5 Å². The number of rotatable bonds is 8. The monoisotopic (exact) mass is 300 g/mol. The van der Waals surface area contributed by atoms with Crippen LogP contribution in [0.4, 0.5) is 0 Å². The molecule has 0 aromatic rings. The topological polar surface area (TPSA) is 61.8 Å². The van der Waals surface area contributed by atoms with Crippen molar-refractivity contribution in [2.45, 2.75) is 65.6 Å². The fourth-order valence-electron chi connectivity index (χ4n) is 1.75. The van der Waals surface area contributed by atoms with Crippen LogP contribution in [-0.2, 0) is 23.8 Å². The molecule has 1 fully saturated rings. The van der Waals surface area contributed by atoms with Gasteiger partial charge in [-0.25, -0.2) is 0 Å². The first kappa shape index (κ1) is 18.0. The predicted octanol–water partition coefficient (Wildman–Crippen LogP) is 2.71. The zero-order valence-corrected chi connectivity index (χ0v) is 13.8. The van der Waals surface area contributed by atoms with Gasteiger partial charge >= 0.3 is 11.9 Å². The third kappa shape index (κ3) is 8.71. The van der Waals surface area contributed by atoms with E-state index in [0.29, 0.717) is 12.5 Å². The van der Waals surface area contributed by atoms with Crippen LogP contribution in [-0.4, -0.2) is 36.9 Å². The Hall–Kier alpha value is -1.10. The van der Waals surface area contributed by atoms with Crippen LogP contribution in [0, 0.1) is 11.8 Å². The van der Waals surface area contributed by atoms with Gasteiger partial charge in [-0.2, -0.15) is 0 Å². The van der Waals surface area contributed by atoms with Crippen molar-refractivity contribution in [1.82, 2.24) is 0 Å². The van der Waals surface area contributed by atoms with Crippen molar-refractivity contribution in [2.24, 2.45) is 11.8 Å². The molecule has 0 saturated heterocycles. The maximum absolute atomic E-state index is 11.9. The van der Waals surface area contributed by atoms with Crippen LogP contribution in [0.5, 0.6) is 0 Å². The maximum Gasteiger partial charge on any atom is 0.309 e. The van der Waals surface area contributed by atoms with Gasteiger partial charge in [0, 0.05) is 6.61 Å². The van der Waals surface area contributed by atoms with Crippen molar-refractivity contribution in [1.29, 1.82) is 0 Å². The summed E-state index contributed by atoms with van der Waals surface area (Å²) in [5, 5.41) is 0. The minimum Gasteiger partial charge on any atom is -0.460 e. The van der Waals surface area contributed by atoms with Crippen molar-refractivity contribution < 1.29 is 23.8 Å². The number of esters is 2. The molecular formula is C16H28O5. The Morgan fingerprint density at radius 3 is 2.33 bits per heavy atom. The summed E-state index contributed by atoms with van der Waals surface area (Å²) in [4.78, 5) is 23.5. The van der Waals surface area contributed by atoms with Gasteiger partial charge in [0.05, 0.1) is 18.9 Å². The van der Waals surface area contributed by atoms with Gasteiger partial charge in [0.15, 0.2) is 0 Å².